The molecule has 1 aliphatic rings. The third kappa shape index (κ3) is 2.66. The molecule has 1 amide bonds. The molecule has 2 N–H and O–H groups in total. The van der Waals surface area contributed by atoms with Gasteiger partial charge in [-0.15, -0.1) is 0 Å². The minimum absolute atomic E-state index is 0.385. The summed E-state index contributed by atoms with van der Waals surface area (Å²) in [6, 6.07) is 6.01. The lowest BCUT2D eigenvalue weighted by molar-refractivity contribution is -0.159. The number of rotatable bonds is 4. The van der Waals surface area contributed by atoms with Crippen LogP contribution in [0.25, 0.3) is 0 Å². The Morgan fingerprint density at radius 1 is 1.35 bits per heavy atom. The first-order valence-corrected chi connectivity index (χ1v) is 6.72. The monoisotopic (exact) mass is 279 g/mol. The summed E-state index contributed by atoms with van der Waals surface area (Å²) >= 11 is 0. The molecule has 1 aromatic carbocycles. The summed E-state index contributed by atoms with van der Waals surface area (Å²) in [7, 11) is 0. The normalized spacial score (nSPS) is 18.5. The predicted octanol–water partition coefficient (Wildman–Crippen LogP) is 2.05. The molecule has 1 saturated carbocycles. The highest BCUT2D eigenvalue weighted by atomic mass is 19.1. The van der Waals surface area contributed by atoms with Crippen LogP contribution in [-0.4, -0.2) is 18.0 Å². The quantitative estimate of drug-likeness (QED) is 0.858. The lowest BCUT2D eigenvalue weighted by Gasteiger charge is -2.28. The van der Waals surface area contributed by atoms with Crippen LogP contribution in [0.3, 0.4) is 0 Å². The Labute approximate surface area is 117 Å². The Hall–Kier alpha value is -1.91. The zero-order chi connectivity index (χ0) is 14.8. The summed E-state index contributed by atoms with van der Waals surface area (Å²) in [5, 5.41) is 0. The van der Waals surface area contributed by atoms with Crippen molar-refractivity contribution in [1.29, 1.82) is 0 Å². The van der Waals surface area contributed by atoms with Crippen LogP contribution in [0.4, 0.5) is 4.39 Å². The number of halogens is 1. The molecule has 1 atom stereocenters. The van der Waals surface area contributed by atoms with E-state index >= 15 is 0 Å². The Balaban J connectivity index is 2.30. The van der Waals surface area contributed by atoms with Crippen molar-refractivity contribution in [3.8, 4) is 0 Å². The molecular weight excluding hydrogens is 261 g/mol. The number of hydrogen-bond acceptors (Lipinski definition) is 3. The first kappa shape index (κ1) is 14.5. The van der Waals surface area contributed by atoms with E-state index in [2.05, 4.69) is 0 Å². The molecule has 0 unspecified atom stereocenters. The molecule has 0 aromatic heterocycles. The van der Waals surface area contributed by atoms with E-state index < -0.39 is 23.4 Å². The molecule has 0 saturated heterocycles. The number of primary amides is 1. The molecule has 2 rings (SSSR count). The van der Waals surface area contributed by atoms with E-state index in [0.717, 1.165) is 12.8 Å². The Kier molecular flexibility index (Phi) is 4.06. The van der Waals surface area contributed by atoms with Gasteiger partial charge in [-0.2, -0.15) is 0 Å². The first-order chi connectivity index (χ1) is 9.45. The Bertz CT molecular complexity index is 524. The van der Waals surface area contributed by atoms with Crippen molar-refractivity contribution >= 4 is 11.9 Å². The molecule has 0 heterocycles. The van der Waals surface area contributed by atoms with Gasteiger partial charge < -0.3 is 10.5 Å². The van der Waals surface area contributed by atoms with Crippen LogP contribution >= 0.6 is 0 Å². The zero-order valence-electron chi connectivity index (χ0n) is 11.4. The van der Waals surface area contributed by atoms with Crippen LogP contribution in [0.2, 0.25) is 0 Å². The molecule has 1 aliphatic carbocycles. The van der Waals surface area contributed by atoms with Crippen molar-refractivity contribution in [3.63, 3.8) is 0 Å². The number of carbonyl (C=O) groups is 2. The number of amides is 1. The molecule has 0 radical (unpaired) electrons. The topological polar surface area (TPSA) is 69.4 Å². The SMILES string of the molecule is C[C@@H](OC(=O)C1(c2cccc(F)c2)CCCC1)C(N)=O. The van der Waals surface area contributed by atoms with Crippen molar-refractivity contribution in [1.82, 2.24) is 0 Å². The molecule has 0 aliphatic heterocycles. The van der Waals surface area contributed by atoms with Crippen molar-refractivity contribution in [2.75, 3.05) is 0 Å². The Morgan fingerprint density at radius 3 is 2.55 bits per heavy atom. The summed E-state index contributed by atoms with van der Waals surface area (Å²) in [6.45, 7) is 1.44. The van der Waals surface area contributed by atoms with Crippen LogP contribution in [0, 0.1) is 5.82 Å². The highest BCUT2D eigenvalue weighted by molar-refractivity contribution is 5.87. The summed E-state index contributed by atoms with van der Waals surface area (Å²) in [5.41, 5.74) is 4.87. The highest BCUT2D eigenvalue weighted by Crippen LogP contribution is 2.42. The van der Waals surface area contributed by atoms with Gasteiger partial charge in [-0.1, -0.05) is 25.0 Å². The molecule has 1 fully saturated rings. The third-order valence-corrected chi connectivity index (χ3v) is 3.91. The molecule has 108 valence electrons. The molecular formula is C15H18FNO3. The van der Waals surface area contributed by atoms with Gasteiger partial charge in [-0.25, -0.2) is 4.39 Å². The number of nitrogens with two attached hydrogens (primary N) is 1. The first-order valence-electron chi connectivity index (χ1n) is 6.72. The summed E-state index contributed by atoms with van der Waals surface area (Å²) in [6.07, 6.45) is 1.96. The summed E-state index contributed by atoms with van der Waals surface area (Å²) < 4.78 is 18.6. The second-order valence-corrected chi connectivity index (χ2v) is 5.25. The lowest BCUT2D eigenvalue weighted by atomic mass is 9.79. The number of esters is 1. The number of benzene rings is 1. The number of carbonyl (C=O) groups excluding carboxylic acids is 2. The van der Waals surface area contributed by atoms with E-state index in [0.29, 0.717) is 18.4 Å². The van der Waals surface area contributed by atoms with Crippen LogP contribution in [0.5, 0.6) is 0 Å². The maximum absolute atomic E-state index is 13.4. The minimum atomic E-state index is -0.978. The van der Waals surface area contributed by atoms with E-state index in [1.54, 1.807) is 12.1 Å². The summed E-state index contributed by atoms with van der Waals surface area (Å²) in [5.74, 6) is -1.57. The van der Waals surface area contributed by atoms with E-state index in [-0.39, 0.29) is 5.82 Å². The lowest BCUT2D eigenvalue weighted by Crippen LogP contribution is -2.40. The second-order valence-electron chi connectivity index (χ2n) is 5.25. The predicted molar refractivity (Wildman–Crippen MR) is 71.3 cm³/mol. The maximum Gasteiger partial charge on any atom is 0.317 e. The molecule has 5 heteroatoms. The number of ether oxygens (including phenoxy) is 1. The molecule has 20 heavy (non-hydrogen) atoms. The average molecular weight is 279 g/mol. The second kappa shape index (κ2) is 5.61. The largest absolute Gasteiger partial charge is 0.452 e. The van der Waals surface area contributed by atoms with Gasteiger partial charge >= 0.3 is 5.97 Å². The van der Waals surface area contributed by atoms with Crippen LogP contribution in [-0.2, 0) is 19.7 Å². The van der Waals surface area contributed by atoms with E-state index in [9.17, 15) is 14.0 Å². The van der Waals surface area contributed by atoms with Crippen molar-refractivity contribution in [3.05, 3.63) is 35.6 Å². The molecule has 4 nitrogen and oxygen atoms in total. The van der Waals surface area contributed by atoms with Gasteiger partial charge in [0.1, 0.15) is 5.82 Å². The van der Waals surface area contributed by atoms with E-state index in [4.69, 9.17) is 10.5 Å². The standard InChI is InChI=1S/C15H18FNO3/c1-10(13(17)18)20-14(19)15(7-2-3-8-15)11-5-4-6-12(16)9-11/h4-6,9-10H,2-3,7-8H2,1H3,(H2,17,18)/t10-/m1/s1. The van der Waals surface area contributed by atoms with Crippen LogP contribution in [0.1, 0.15) is 38.2 Å². The van der Waals surface area contributed by atoms with Crippen LogP contribution < -0.4 is 5.73 Å². The van der Waals surface area contributed by atoms with Gasteiger partial charge in [0.05, 0.1) is 5.41 Å². The van der Waals surface area contributed by atoms with Gasteiger partial charge in [0.25, 0.3) is 5.91 Å². The van der Waals surface area contributed by atoms with Crippen LogP contribution in [0.15, 0.2) is 24.3 Å². The van der Waals surface area contributed by atoms with Gasteiger partial charge in [0, 0.05) is 0 Å². The summed E-state index contributed by atoms with van der Waals surface area (Å²) in [4.78, 5) is 23.5. The number of hydrogen-bond donors (Lipinski definition) is 1. The van der Waals surface area contributed by atoms with Gasteiger partial charge in [-0.3, -0.25) is 9.59 Å². The highest BCUT2D eigenvalue weighted by Gasteiger charge is 2.45. The molecule has 1 aromatic rings. The fourth-order valence-electron chi connectivity index (χ4n) is 2.71. The maximum atomic E-state index is 13.4. The van der Waals surface area contributed by atoms with Crippen molar-refractivity contribution in [2.45, 2.75) is 44.1 Å². The molecule has 0 spiro atoms. The van der Waals surface area contributed by atoms with E-state index in [1.165, 1.54) is 19.1 Å². The van der Waals surface area contributed by atoms with Crippen molar-refractivity contribution < 1.29 is 18.7 Å². The molecule has 0 bridgehead atoms. The van der Waals surface area contributed by atoms with Gasteiger partial charge in [0.2, 0.25) is 0 Å². The van der Waals surface area contributed by atoms with E-state index in [1.807, 2.05) is 0 Å². The van der Waals surface area contributed by atoms with Crippen molar-refractivity contribution in [2.24, 2.45) is 5.73 Å². The third-order valence-electron chi connectivity index (χ3n) is 3.91. The Morgan fingerprint density at radius 2 is 2.00 bits per heavy atom. The van der Waals surface area contributed by atoms with Gasteiger partial charge in [0.15, 0.2) is 6.10 Å². The fourth-order valence-corrected chi connectivity index (χ4v) is 2.71. The average Bonchev–Trinajstić information content (AvgIpc) is 2.89. The minimum Gasteiger partial charge on any atom is -0.452 e. The zero-order valence-corrected chi connectivity index (χ0v) is 11.4. The fraction of sp³-hybridized carbons (Fsp3) is 0.467. The smallest absolute Gasteiger partial charge is 0.317 e. The van der Waals surface area contributed by atoms with Gasteiger partial charge in [-0.05, 0) is 37.5 Å².